The van der Waals surface area contributed by atoms with Crippen molar-refractivity contribution in [1.29, 1.82) is 0 Å². The van der Waals surface area contributed by atoms with Crippen molar-refractivity contribution in [3.63, 3.8) is 0 Å². The van der Waals surface area contributed by atoms with Gasteiger partial charge in [-0.25, -0.2) is 0 Å². The maximum Gasteiger partial charge on any atom is 0.230 e. The monoisotopic (exact) mass is 399 g/mol. The highest BCUT2D eigenvalue weighted by molar-refractivity contribution is 6.32. The Morgan fingerprint density at radius 3 is 2.64 bits per heavy atom. The SMILES string of the molecule is Cc1cc(NC(=O)CC(=O)[O-])cc(Cl)c1Oc1ccc2[nH]cc(C(C)C)c2c1. The number of hydrogen-bond acceptors (Lipinski definition) is 4. The third-order valence-electron chi connectivity index (χ3n) is 4.35. The largest absolute Gasteiger partial charge is 0.550 e. The molecule has 1 amide bonds. The van der Waals surface area contributed by atoms with Gasteiger partial charge in [-0.2, -0.15) is 0 Å². The number of halogens is 1. The van der Waals surface area contributed by atoms with Crippen molar-refractivity contribution in [2.75, 3.05) is 5.32 Å². The number of carboxylic acids is 1. The zero-order valence-electron chi connectivity index (χ0n) is 15.8. The summed E-state index contributed by atoms with van der Waals surface area (Å²) in [6, 6.07) is 8.96. The Morgan fingerprint density at radius 1 is 1.25 bits per heavy atom. The molecule has 0 saturated carbocycles. The van der Waals surface area contributed by atoms with Crippen LogP contribution >= 0.6 is 11.6 Å². The number of aromatic nitrogens is 1. The number of nitrogens with one attached hydrogen (secondary N) is 2. The average Bonchev–Trinajstić information content (AvgIpc) is 3.00. The van der Waals surface area contributed by atoms with E-state index in [-0.39, 0.29) is 0 Å². The highest BCUT2D eigenvalue weighted by Crippen LogP contribution is 2.37. The molecule has 0 aliphatic heterocycles. The predicted molar refractivity (Wildman–Crippen MR) is 107 cm³/mol. The van der Waals surface area contributed by atoms with E-state index in [4.69, 9.17) is 16.3 Å². The minimum Gasteiger partial charge on any atom is -0.550 e. The Hall–Kier alpha value is -2.99. The lowest BCUT2D eigenvalue weighted by Gasteiger charge is -2.14. The molecule has 2 N–H and O–H groups in total. The second-order valence-corrected chi connectivity index (χ2v) is 7.32. The van der Waals surface area contributed by atoms with Crippen LogP contribution in [0.4, 0.5) is 5.69 Å². The number of aromatic amines is 1. The fourth-order valence-electron chi connectivity index (χ4n) is 3.05. The zero-order chi connectivity index (χ0) is 20.4. The highest BCUT2D eigenvalue weighted by atomic mass is 35.5. The summed E-state index contributed by atoms with van der Waals surface area (Å²) in [6.07, 6.45) is 1.28. The van der Waals surface area contributed by atoms with E-state index in [0.29, 0.717) is 33.7 Å². The number of rotatable bonds is 6. The molecular formula is C21H20ClN2O4-. The molecule has 0 bridgehead atoms. The topological polar surface area (TPSA) is 94.2 Å². The molecule has 0 atom stereocenters. The molecule has 28 heavy (non-hydrogen) atoms. The third-order valence-corrected chi connectivity index (χ3v) is 4.63. The first kappa shape index (κ1) is 19.8. The molecular weight excluding hydrogens is 380 g/mol. The summed E-state index contributed by atoms with van der Waals surface area (Å²) in [5.41, 5.74) is 3.33. The number of aliphatic carboxylic acids is 1. The molecule has 3 aromatic rings. The van der Waals surface area contributed by atoms with E-state index in [9.17, 15) is 14.7 Å². The highest BCUT2D eigenvalue weighted by Gasteiger charge is 2.13. The van der Waals surface area contributed by atoms with Crippen LogP contribution in [0.25, 0.3) is 10.9 Å². The van der Waals surface area contributed by atoms with Gasteiger partial charge in [0.25, 0.3) is 0 Å². The quantitative estimate of drug-likeness (QED) is 0.609. The zero-order valence-corrected chi connectivity index (χ0v) is 16.5. The maximum absolute atomic E-state index is 11.6. The maximum atomic E-state index is 11.6. The van der Waals surface area contributed by atoms with E-state index in [1.807, 2.05) is 24.4 Å². The number of ether oxygens (including phenoxy) is 1. The smallest absolute Gasteiger partial charge is 0.230 e. The molecule has 0 radical (unpaired) electrons. The molecule has 0 aliphatic rings. The molecule has 0 aliphatic carbocycles. The first-order chi connectivity index (χ1) is 13.2. The van der Waals surface area contributed by atoms with Crippen LogP contribution in [0.3, 0.4) is 0 Å². The van der Waals surface area contributed by atoms with Crippen LogP contribution in [0.5, 0.6) is 11.5 Å². The number of aryl methyl sites for hydroxylation is 1. The van der Waals surface area contributed by atoms with Crippen LogP contribution in [0.1, 0.15) is 37.3 Å². The van der Waals surface area contributed by atoms with Gasteiger partial charge in [0, 0.05) is 22.8 Å². The summed E-state index contributed by atoms with van der Waals surface area (Å²) in [7, 11) is 0. The van der Waals surface area contributed by atoms with Crippen LogP contribution in [0.15, 0.2) is 36.5 Å². The van der Waals surface area contributed by atoms with Gasteiger partial charge in [0.15, 0.2) is 0 Å². The molecule has 0 spiro atoms. The van der Waals surface area contributed by atoms with Crippen LogP contribution < -0.4 is 15.2 Å². The van der Waals surface area contributed by atoms with E-state index in [1.165, 1.54) is 11.6 Å². The van der Waals surface area contributed by atoms with Crippen LogP contribution in [-0.2, 0) is 9.59 Å². The fourth-order valence-corrected chi connectivity index (χ4v) is 3.35. The third kappa shape index (κ3) is 4.28. The number of hydrogen-bond donors (Lipinski definition) is 2. The lowest BCUT2D eigenvalue weighted by atomic mass is 10.0. The van der Waals surface area contributed by atoms with Crippen LogP contribution in [-0.4, -0.2) is 16.9 Å². The van der Waals surface area contributed by atoms with E-state index in [1.54, 1.807) is 13.0 Å². The molecule has 0 unspecified atom stereocenters. The van der Waals surface area contributed by atoms with Crippen molar-refractivity contribution in [3.8, 4) is 11.5 Å². The summed E-state index contributed by atoms with van der Waals surface area (Å²) in [5, 5.41) is 14.4. The van der Waals surface area contributed by atoms with Crippen molar-refractivity contribution in [1.82, 2.24) is 4.98 Å². The second-order valence-electron chi connectivity index (χ2n) is 6.91. The van der Waals surface area contributed by atoms with E-state index in [2.05, 4.69) is 24.1 Å². The van der Waals surface area contributed by atoms with Gasteiger partial charge in [0.05, 0.1) is 17.4 Å². The van der Waals surface area contributed by atoms with Crippen molar-refractivity contribution in [3.05, 3.63) is 52.7 Å². The summed E-state index contributed by atoms with van der Waals surface area (Å²) in [6.45, 7) is 6.05. The van der Waals surface area contributed by atoms with Gasteiger partial charge < -0.3 is 24.9 Å². The number of carbonyl (C=O) groups excluding carboxylic acids is 2. The average molecular weight is 400 g/mol. The van der Waals surface area contributed by atoms with Crippen molar-refractivity contribution >= 4 is 40.1 Å². The summed E-state index contributed by atoms with van der Waals surface area (Å²) >= 11 is 6.34. The Balaban J connectivity index is 1.86. The summed E-state index contributed by atoms with van der Waals surface area (Å²) in [5.74, 6) is -0.629. The molecule has 7 heteroatoms. The number of H-pyrrole nitrogens is 1. The first-order valence-corrected chi connectivity index (χ1v) is 9.21. The van der Waals surface area contributed by atoms with Crippen LogP contribution in [0.2, 0.25) is 5.02 Å². The Morgan fingerprint density at radius 2 is 2.00 bits per heavy atom. The molecule has 0 fully saturated rings. The van der Waals surface area contributed by atoms with Gasteiger partial charge in [-0.05, 0) is 54.3 Å². The summed E-state index contributed by atoms with van der Waals surface area (Å²) < 4.78 is 6.01. The fraction of sp³-hybridized carbons (Fsp3) is 0.238. The van der Waals surface area contributed by atoms with Crippen molar-refractivity contribution < 1.29 is 19.4 Å². The molecule has 3 rings (SSSR count). The normalized spacial score (nSPS) is 11.0. The van der Waals surface area contributed by atoms with Crippen molar-refractivity contribution in [2.45, 2.75) is 33.1 Å². The molecule has 0 saturated heterocycles. The molecule has 2 aromatic carbocycles. The number of benzene rings is 2. The Kier molecular flexibility index (Phi) is 5.61. The number of fused-ring (bicyclic) bond motifs is 1. The minimum absolute atomic E-state index is 0.307. The summed E-state index contributed by atoms with van der Waals surface area (Å²) in [4.78, 5) is 25.4. The number of anilines is 1. The van der Waals surface area contributed by atoms with Gasteiger partial charge in [0.2, 0.25) is 5.91 Å². The van der Waals surface area contributed by atoms with Gasteiger partial charge in [-0.1, -0.05) is 25.4 Å². The number of carboxylic acid groups (broad SMARTS) is 1. The Labute approximate surface area is 167 Å². The van der Waals surface area contributed by atoms with E-state index >= 15 is 0 Å². The number of amides is 1. The lowest BCUT2D eigenvalue weighted by molar-refractivity contribution is -0.304. The second kappa shape index (κ2) is 7.94. The number of carbonyl (C=O) groups is 2. The lowest BCUT2D eigenvalue weighted by Crippen LogP contribution is -2.28. The molecule has 1 aromatic heterocycles. The van der Waals surface area contributed by atoms with Gasteiger partial charge >= 0.3 is 0 Å². The standard InChI is InChI=1S/C21H21ClN2O4/c1-11(2)16-10-23-18-5-4-14(8-15(16)18)28-21-12(3)6-13(7-17(21)22)24-19(25)9-20(26)27/h4-8,10-11,23H,9H2,1-3H3,(H,24,25)(H,26,27)/p-1. The van der Waals surface area contributed by atoms with Gasteiger partial charge in [-0.3, -0.25) is 4.79 Å². The van der Waals surface area contributed by atoms with Gasteiger partial charge in [0.1, 0.15) is 11.5 Å². The van der Waals surface area contributed by atoms with Crippen molar-refractivity contribution in [2.24, 2.45) is 0 Å². The predicted octanol–water partition coefficient (Wildman–Crippen LogP) is 4.12. The molecule has 146 valence electrons. The Bertz CT molecular complexity index is 1030. The van der Waals surface area contributed by atoms with E-state index in [0.717, 1.165) is 10.9 Å². The van der Waals surface area contributed by atoms with E-state index < -0.39 is 18.3 Å². The van der Waals surface area contributed by atoms with Crippen LogP contribution in [0, 0.1) is 6.92 Å². The first-order valence-electron chi connectivity index (χ1n) is 8.83. The minimum atomic E-state index is -1.44. The molecule has 6 nitrogen and oxygen atoms in total. The molecule has 1 heterocycles. The van der Waals surface area contributed by atoms with Gasteiger partial charge in [-0.15, -0.1) is 0 Å².